The van der Waals surface area contributed by atoms with Gasteiger partial charge in [-0.3, -0.25) is 0 Å². The van der Waals surface area contributed by atoms with Crippen molar-refractivity contribution in [2.24, 2.45) is 5.73 Å². The highest BCUT2D eigenvalue weighted by Gasteiger charge is 2.08. The van der Waals surface area contributed by atoms with E-state index in [1.54, 1.807) is 11.9 Å². The molecule has 1 rings (SSSR count). The van der Waals surface area contributed by atoms with Crippen LogP contribution in [0.25, 0.3) is 0 Å². The summed E-state index contributed by atoms with van der Waals surface area (Å²) < 4.78 is 1.99. The Balaban J connectivity index is 2.45. The second-order valence-electron chi connectivity index (χ2n) is 1.47. The molecule has 2 N–H and O–H groups in total. The summed E-state index contributed by atoms with van der Waals surface area (Å²) in [6.45, 7) is 0. The van der Waals surface area contributed by atoms with Crippen LogP contribution in [0.4, 0.5) is 0 Å². The average Bonchev–Trinajstić information content (AvgIpc) is 1.91. The largest absolute Gasteiger partial charge is 0.312 e. The molecule has 0 aromatic rings. The fraction of sp³-hybridized carbons (Fsp3) is 0.500. The van der Waals surface area contributed by atoms with Gasteiger partial charge in [0.1, 0.15) is 0 Å². The van der Waals surface area contributed by atoms with Gasteiger partial charge < -0.3 is 5.73 Å². The molecule has 0 fully saturated rings. The standard InChI is InChI=1S/C4H8N2S/c1-6-4(5)2-3-7-6/h2-4H,5H2,1H3. The summed E-state index contributed by atoms with van der Waals surface area (Å²) in [6.07, 6.45) is 2.09. The normalized spacial score (nSPS) is 32.0. The first-order chi connectivity index (χ1) is 3.30. The Morgan fingerprint density at radius 1 is 1.86 bits per heavy atom. The maximum Gasteiger partial charge on any atom is 0.0868 e. The molecular formula is C4H8N2S. The Morgan fingerprint density at radius 3 is 2.71 bits per heavy atom. The van der Waals surface area contributed by atoms with E-state index >= 15 is 0 Å². The van der Waals surface area contributed by atoms with E-state index in [9.17, 15) is 0 Å². The van der Waals surface area contributed by atoms with Gasteiger partial charge >= 0.3 is 0 Å². The van der Waals surface area contributed by atoms with Crippen LogP contribution in [-0.4, -0.2) is 17.5 Å². The molecule has 0 aromatic heterocycles. The van der Waals surface area contributed by atoms with E-state index < -0.39 is 0 Å². The first kappa shape index (κ1) is 5.15. The minimum absolute atomic E-state index is 0.130. The summed E-state index contributed by atoms with van der Waals surface area (Å²) in [6, 6.07) is 0. The molecule has 7 heavy (non-hydrogen) atoms. The number of nitrogens with two attached hydrogens (primary N) is 1. The molecule has 2 nitrogen and oxygen atoms in total. The topological polar surface area (TPSA) is 29.3 Å². The van der Waals surface area contributed by atoms with E-state index in [-0.39, 0.29) is 6.17 Å². The maximum absolute atomic E-state index is 5.50. The quantitative estimate of drug-likeness (QED) is 0.464. The van der Waals surface area contributed by atoms with Crippen LogP contribution in [0.15, 0.2) is 11.5 Å². The van der Waals surface area contributed by atoms with Crippen LogP contribution in [0.1, 0.15) is 0 Å². The molecule has 1 aliphatic heterocycles. The first-order valence-electron chi connectivity index (χ1n) is 2.12. The highest BCUT2D eigenvalue weighted by molar-refractivity contribution is 8.00. The van der Waals surface area contributed by atoms with Crippen LogP contribution in [0.3, 0.4) is 0 Å². The van der Waals surface area contributed by atoms with E-state index in [2.05, 4.69) is 0 Å². The summed E-state index contributed by atoms with van der Waals surface area (Å²) in [4.78, 5) is 0. The van der Waals surface area contributed by atoms with E-state index in [0.717, 1.165) is 0 Å². The molecule has 0 amide bonds. The molecule has 1 unspecified atom stereocenters. The Hall–Kier alpha value is 0.01000. The van der Waals surface area contributed by atoms with Gasteiger partial charge in [0.25, 0.3) is 0 Å². The molecule has 1 heterocycles. The lowest BCUT2D eigenvalue weighted by Crippen LogP contribution is -2.28. The highest BCUT2D eigenvalue weighted by atomic mass is 32.2. The van der Waals surface area contributed by atoms with Gasteiger partial charge in [0.2, 0.25) is 0 Å². The van der Waals surface area contributed by atoms with E-state index in [0.29, 0.717) is 0 Å². The van der Waals surface area contributed by atoms with Gasteiger partial charge in [-0.15, -0.1) is 0 Å². The Kier molecular flexibility index (Phi) is 1.37. The lowest BCUT2D eigenvalue weighted by atomic mass is 10.5. The van der Waals surface area contributed by atoms with Crippen LogP contribution in [0, 0.1) is 0 Å². The number of hydrogen-bond donors (Lipinski definition) is 1. The van der Waals surface area contributed by atoms with Crippen molar-refractivity contribution in [3.05, 3.63) is 11.5 Å². The van der Waals surface area contributed by atoms with Gasteiger partial charge in [0.05, 0.1) is 6.17 Å². The molecule has 0 bridgehead atoms. The van der Waals surface area contributed by atoms with Gasteiger partial charge in [-0.25, -0.2) is 4.31 Å². The third-order valence-electron chi connectivity index (χ3n) is 0.923. The molecule has 1 aliphatic rings. The summed E-state index contributed by atoms with van der Waals surface area (Å²) in [5, 5.41) is 1.99. The van der Waals surface area contributed by atoms with E-state index in [1.165, 1.54) is 0 Å². The average molecular weight is 116 g/mol. The van der Waals surface area contributed by atoms with E-state index in [4.69, 9.17) is 5.73 Å². The van der Waals surface area contributed by atoms with Crippen LogP contribution in [0.2, 0.25) is 0 Å². The Morgan fingerprint density at radius 2 is 2.57 bits per heavy atom. The zero-order valence-electron chi connectivity index (χ0n) is 4.16. The van der Waals surface area contributed by atoms with Crippen LogP contribution in [0.5, 0.6) is 0 Å². The lowest BCUT2D eigenvalue weighted by Gasteiger charge is -2.10. The molecule has 0 saturated carbocycles. The second-order valence-corrected chi connectivity index (χ2v) is 2.53. The van der Waals surface area contributed by atoms with Crippen molar-refractivity contribution in [2.75, 3.05) is 7.05 Å². The molecule has 0 aliphatic carbocycles. The number of rotatable bonds is 0. The molecule has 0 aromatic carbocycles. The van der Waals surface area contributed by atoms with Crippen molar-refractivity contribution >= 4 is 11.9 Å². The number of likely N-dealkylation sites (N-methyl/N-ethyl adjacent to an activating group) is 1. The predicted molar refractivity (Wildman–Crippen MR) is 32.5 cm³/mol. The van der Waals surface area contributed by atoms with Crippen molar-refractivity contribution in [1.82, 2.24) is 4.31 Å². The van der Waals surface area contributed by atoms with Crippen molar-refractivity contribution in [2.45, 2.75) is 6.17 Å². The van der Waals surface area contributed by atoms with Gasteiger partial charge in [0, 0.05) is 0 Å². The van der Waals surface area contributed by atoms with Crippen LogP contribution >= 0.6 is 11.9 Å². The molecule has 0 spiro atoms. The summed E-state index contributed by atoms with van der Waals surface area (Å²) in [7, 11) is 1.97. The second kappa shape index (κ2) is 1.86. The monoisotopic (exact) mass is 116 g/mol. The smallest absolute Gasteiger partial charge is 0.0868 e. The molecule has 1 atom stereocenters. The first-order valence-corrected chi connectivity index (χ1v) is 2.96. The zero-order chi connectivity index (χ0) is 5.28. The third-order valence-corrected chi connectivity index (χ3v) is 1.78. The van der Waals surface area contributed by atoms with Gasteiger partial charge in [-0.05, 0) is 30.5 Å². The van der Waals surface area contributed by atoms with Crippen LogP contribution < -0.4 is 5.73 Å². The Bertz CT molecular complexity index is 91.7. The zero-order valence-corrected chi connectivity index (χ0v) is 4.98. The number of nitrogens with zero attached hydrogens (tertiary/aromatic N) is 1. The fourth-order valence-electron chi connectivity index (χ4n) is 0.403. The summed E-state index contributed by atoms with van der Waals surface area (Å²) >= 11 is 1.63. The highest BCUT2D eigenvalue weighted by Crippen LogP contribution is 2.17. The lowest BCUT2D eigenvalue weighted by molar-refractivity contribution is 0.502. The van der Waals surface area contributed by atoms with Gasteiger partial charge in [-0.2, -0.15) is 0 Å². The molecular weight excluding hydrogens is 108 g/mol. The molecule has 3 heteroatoms. The summed E-state index contributed by atoms with van der Waals surface area (Å²) in [5.74, 6) is 0. The minimum Gasteiger partial charge on any atom is -0.312 e. The fourth-order valence-corrected chi connectivity index (χ4v) is 1.04. The van der Waals surface area contributed by atoms with E-state index in [1.807, 2.05) is 22.8 Å². The minimum atomic E-state index is 0.130. The van der Waals surface area contributed by atoms with Crippen molar-refractivity contribution in [1.29, 1.82) is 0 Å². The third kappa shape index (κ3) is 0.964. The Labute approximate surface area is 47.5 Å². The predicted octanol–water partition coefficient (Wildman–Crippen LogP) is 0.379. The number of hydrogen-bond acceptors (Lipinski definition) is 3. The summed E-state index contributed by atoms with van der Waals surface area (Å²) in [5.41, 5.74) is 5.50. The van der Waals surface area contributed by atoms with Crippen molar-refractivity contribution in [3.63, 3.8) is 0 Å². The van der Waals surface area contributed by atoms with Gasteiger partial charge in [0.15, 0.2) is 0 Å². The van der Waals surface area contributed by atoms with Crippen molar-refractivity contribution < 1.29 is 0 Å². The SMILES string of the molecule is CN1SC=CC1N. The van der Waals surface area contributed by atoms with Crippen LogP contribution in [-0.2, 0) is 0 Å². The van der Waals surface area contributed by atoms with Crippen molar-refractivity contribution in [3.8, 4) is 0 Å². The molecule has 40 valence electrons. The molecule has 0 radical (unpaired) electrons. The molecule has 0 saturated heterocycles. The van der Waals surface area contributed by atoms with Gasteiger partial charge in [-0.1, -0.05) is 0 Å². The maximum atomic E-state index is 5.50.